The maximum absolute atomic E-state index is 12.7. The van der Waals surface area contributed by atoms with E-state index in [2.05, 4.69) is 39.4 Å². The van der Waals surface area contributed by atoms with E-state index in [1.165, 1.54) is 5.56 Å². The summed E-state index contributed by atoms with van der Waals surface area (Å²) in [6.07, 6.45) is 1.87. The molecule has 6 heteroatoms. The number of amides is 1. The van der Waals surface area contributed by atoms with Gasteiger partial charge in [0.1, 0.15) is 5.75 Å². The Balaban J connectivity index is 1.28. The van der Waals surface area contributed by atoms with Crippen LogP contribution in [-0.4, -0.2) is 68.4 Å². The Hall–Kier alpha value is -2.57. The quantitative estimate of drug-likeness (QED) is 0.767. The van der Waals surface area contributed by atoms with Gasteiger partial charge in [0.05, 0.1) is 6.54 Å². The molecule has 2 heterocycles. The van der Waals surface area contributed by atoms with Crippen LogP contribution in [0.25, 0.3) is 0 Å². The molecule has 160 valence electrons. The molecule has 1 amide bonds. The normalized spacial score (nSPS) is 19.4. The van der Waals surface area contributed by atoms with Crippen molar-refractivity contribution < 1.29 is 14.6 Å². The smallest absolute Gasteiger partial charge is 0.234 e. The van der Waals surface area contributed by atoms with Crippen LogP contribution in [0.2, 0.25) is 0 Å². The number of phenolic OH excluding ortho intramolecular Hbond substituents is 1. The zero-order chi connectivity index (χ0) is 20.8. The van der Waals surface area contributed by atoms with Gasteiger partial charge >= 0.3 is 0 Å². The predicted molar refractivity (Wildman–Crippen MR) is 118 cm³/mol. The van der Waals surface area contributed by atoms with Crippen LogP contribution < -0.4 is 10.2 Å². The van der Waals surface area contributed by atoms with E-state index in [9.17, 15) is 9.90 Å². The lowest BCUT2D eigenvalue weighted by atomic mass is 9.74. The number of benzene rings is 2. The lowest BCUT2D eigenvalue weighted by molar-refractivity contribution is -0.122. The number of carbonyl (C=O) groups excluding carboxylic acids is 1. The third kappa shape index (κ3) is 4.94. The largest absolute Gasteiger partial charge is 0.508 e. The minimum Gasteiger partial charge on any atom is -0.508 e. The minimum absolute atomic E-state index is 0.0350. The van der Waals surface area contributed by atoms with Gasteiger partial charge in [-0.2, -0.15) is 0 Å². The Morgan fingerprint density at radius 1 is 0.967 bits per heavy atom. The van der Waals surface area contributed by atoms with Crippen molar-refractivity contribution in [2.75, 3.05) is 57.4 Å². The van der Waals surface area contributed by atoms with Crippen LogP contribution >= 0.6 is 0 Å². The Morgan fingerprint density at radius 2 is 1.63 bits per heavy atom. The van der Waals surface area contributed by atoms with E-state index in [-0.39, 0.29) is 17.1 Å². The van der Waals surface area contributed by atoms with E-state index in [0.717, 1.165) is 57.9 Å². The lowest BCUT2D eigenvalue weighted by Gasteiger charge is -2.38. The molecule has 4 rings (SSSR count). The highest BCUT2D eigenvalue weighted by atomic mass is 16.5. The molecule has 0 radical (unpaired) electrons. The number of rotatable bonds is 6. The summed E-state index contributed by atoms with van der Waals surface area (Å²) in [6, 6.07) is 17.8. The van der Waals surface area contributed by atoms with Gasteiger partial charge in [0.15, 0.2) is 0 Å². The molecule has 0 bridgehead atoms. The first kappa shape index (κ1) is 20.7. The lowest BCUT2D eigenvalue weighted by Crippen LogP contribution is -2.51. The van der Waals surface area contributed by atoms with Gasteiger partial charge in [-0.25, -0.2) is 0 Å². The molecule has 0 spiro atoms. The molecular weight excluding hydrogens is 378 g/mol. The molecule has 0 aromatic heterocycles. The third-order valence-corrected chi connectivity index (χ3v) is 6.41. The third-order valence-electron chi connectivity index (χ3n) is 6.41. The highest BCUT2D eigenvalue weighted by Crippen LogP contribution is 2.34. The van der Waals surface area contributed by atoms with Crippen LogP contribution in [0.4, 0.5) is 5.69 Å². The zero-order valence-electron chi connectivity index (χ0n) is 17.4. The van der Waals surface area contributed by atoms with Gasteiger partial charge in [-0.05, 0) is 42.7 Å². The van der Waals surface area contributed by atoms with Crippen LogP contribution in [-0.2, 0) is 14.9 Å². The number of carbonyl (C=O) groups is 1. The van der Waals surface area contributed by atoms with Crippen molar-refractivity contribution in [1.29, 1.82) is 0 Å². The van der Waals surface area contributed by atoms with E-state index in [1.807, 2.05) is 18.2 Å². The van der Waals surface area contributed by atoms with Gasteiger partial charge < -0.3 is 20.1 Å². The number of hydrogen-bond donors (Lipinski definition) is 2. The molecule has 0 atom stereocenters. The number of nitrogens with one attached hydrogen (secondary N) is 1. The van der Waals surface area contributed by atoms with Crippen molar-refractivity contribution in [2.24, 2.45) is 0 Å². The molecule has 2 aliphatic rings. The average molecular weight is 410 g/mol. The first-order valence-electron chi connectivity index (χ1n) is 10.8. The van der Waals surface area contributed by atoms with Crippen molar-refractivity contribution in [3.63, 3.8) is 0 Å². The molecule has 2 aromatic rings. The fourth-order valence-electron chi connectivity index (χ4n) is 4.48. The molecule has 2 saturated heterocycles. The van der Waals surface area contributed by atoms with E-state index >= 15 is 0 Å². The monoisotopic (exact) mass is 409 g/mol. The van der Waals surface area contributed by atoms with Gasteiger partial charge in [0.25, 0.3) is 0 Å². The first-order chi connectivity index (χ1) is 14.6. The van der Waals surface area contributed by atoms with Crippen molar-refractivity contribution in [2.45, 2.75) is 18.3 Å². The van der Waals surface area contributed by atoms with Crippen molar-refractivity contribution >= 4 is 11.6 Å². The zero-order valence-corrected chi connectivity index (χ0v) is 17.4. The maximum atomic E-state index is 12.7. The molecule has 2 aliphatic heterocycles. The second-order valence-electron chi connectivity index (χ2n) is 8.32. The Labute approximate surface area is 178 Å². The number of phenols is 1. The number of aromatic hydroxyl groups is 1. The summed E-state index contributed by atoms with van der Waals surface area (Å²) in [5.41, 5.74) is 2.37. The molecule has 0 saturated carbocycles. The standard InChI is InChI=1S/C24H31N3O3/c28-22-8-6-21(7-9-22)27-14-12-26(13-15-27)18-23(29)25-19-24(10-16-30-17-11-24)20-4-2-1-3-5-20/h1-9,28H,10-19H2,(H,25,29). The molecule has 2 fully saturated rings. The summed E-state index contributed by atoms with van der Waals surface area (Å²) in [5, 5.41) is 12.7. The van der Waals surface area contributed by atoms with Crippen molar-refractivity contribution in [3.05, 3.63) is 60.2 Å². The molecule has 0 aliphatic carbocycles. The van der Waals surface area contributed by atoms with Crippen LogP contribution in [0.5, 0.6) is 5.75 Å². The highest BCUT2D eigenvalue weighted by Gasteiger charge is 2.34. The van der Waals surface area contributed by atoms with Gasteiger partial charge in [0.2, 0.25) is 5.91 Å². The van der Waals surface area contributed by atoms with Gasteiger partial charge in [0, 0.05) is 57.0 Å². The summed E-state index contributed by atoms with van der Waals surface area (Å²) in [4.78, 5) is 17.2. The second kappa shape index (κ2) is 9.49. The van der Waals surface area contributed by atoms with Gasteiger partial charge in [-0.3, -0.25) is 9.69 Å². The number of nitrogens with zero attached hydrogens (tertiary/aromatic N) is 2. The Morgan fingerprint density at radius 3 is 2.30 bits per heavy atom. The number of anilines is 1. The first-order valence-corrected chi connectivity index (χ1v) is 10.8. The Bertz CT molecular complexity index is 811. The van der Waals surface area contributed by atoms with Crippen molar-refractivity contribution in [3.8, 4) is 5.75 Å². The average Bonchev–Trinajstić information content (AvgIpc) is 2.80. The van der Waals surface area contributed by atoms with Crippen LogP contribution in [0.15, 0.2) is 54.6 Å². The molecule has 6 nitrogen and oxygen atoms in total. The molecular formula is C24H31N3O3. The van der Waals surface area contributed by atoms with Gasteiger partial charge in [-0.15, -0.1) is 0 Å². The molecule has 30 heavy (non-hydrogen) atoms. The summed E-state index contributed by atoms with van der Waals surface area (Å²) in [5.74, 6) is 0.377. The number of piperazine rings is 1. The summed E-state index contributed by atoms with van der Waals surface area (Å²) in [7, 11) is 0. The molecule has 2 N–H and O–H groups in total. The van der Waals surface area contributed by atoms with E-state index in [1.54, 1.807) is 12.1 Å². The van der Waals surface area contributed by atoms with Crippen LogP contribution in [0.3, 0.4) is 0 Å². The second-order valence-corrected chi connectivity index (χ2v) is 8.32. The van der Waals surface area contributed by atoms with E-state index in [4.69, 9.17) is 4.74 Å². The minimum atomic E-state index is -0.0350. The fraction of sp³-hybridized carbons (Fsp3) is 0.458. The Kier molecular flexibility index (Phi) is 6.55. The summed E-state index contributed by atoms with van der Waals surface area (Å²) in [6.45, 7) is 6.04. The highest BCUT2D eigenvalue weighted by molar-refractivity contribution is 5.78. The maximum Gasteiger partial charge on any atom is 0.234 e. The predicted octanol–water partition coefficient (Wildman–Crippen LogP) is 2.38. The molecule has 0 unspecified atom stereocenters. The topological polar surface area (TPSA) is 65.0 Å². The summed E-state index contributed by atoms with van der Waals surface area (Å²) < 4.78 is 5.59. The SMILES string of the molecule is O=C(CN1CCN(c2ccc(O)cc2)CC1)NCC1(c2ccccc2)CCOCC1. The van der Waals surface area contributed by atoms with Crippen LogP contribution in [0, 0.1) is 0 Å². The van der Waals surface area contributed by atoms with Crippen molar-refractivity contribution in [1.82, 2.24) is 10.2 Å². The fourth-order valence-corrected chi connectivity index (χ4v) is 4.48. The number of ether oxygens (including phenoxy) is 1. The van der Waals surface area contributed by atoms with E-state index in [0.29, 0.717) is 13.1 Å². The molecule has 2 aromatic carbocycles. The van der Waals surface area contributed by atoms with Crippen LogP contribution in [0.1, 0.15) is 18.4 Å². The number of hydrogen-bond acceptors (Lipinski definition) is 5. The van der Waals surface area contributed by atoms with E-state index < -0.39 is 0 Å². The summed E-state index contributed by atoms with van der Waals surface area (Å²) >= 11 is 0. The van der Waals surface area contributed by atoms with Gasteiger partial charge in [-0.1, -0.05) is 30.3 Å².